The topological polar surface area (TPSA) is 64.6 Å². The van der Waals surface area contributed by atoms with E-state index in [9.17, 15) is 9.59 Å². The molecule has 3 fully saturated rings. The highest BCUT2D eigenvalue weighted by molar-refractivity contribution is 5.97. The molecule has 5 heteroatoms. The average Bonchev–Trinajstić information content (AvgIpc) is 3.26. The number of benzene rings is 2. The van der Waals surface area contributed by atoms with E-state index in [4.69, 9.17) is 9.47 Å². The van der Waals surface area contributed by atoms with Crippen LogP contribution in [0.25, 0.3) is 0 Å². The van der Waals surface area contributed by atoms with Crippen molar-refractivity contribution in [3.63, 3.8) is 0 Å². The normalized spacial score (nSPS) is 30.3. The molecule has 2 aliphatic carbocycles. The predicted octanol–water partition coefficient (Wildman–Crippen LogP) is 3.92. The van der Waals surface area contributed by atoms with Gasteiger partial charge in [0.25, 0.3) is 0 Å². The molecule has 27 heavy (non-hydrogen) atoms. The number of carbonyl (C=O) groups excluding carboxylic acids is 2. The van der Waals surface area contributed by atoms with E-state index in [1.54, 1.807) is 0 Å². The standard InChI is InChI=1S/C22H21NO4/c1-12-3-2-4-16(9-12)26-15-7-5-14(6-8-15)23-21(24)19-13-10-17-18(11-13)27-22(25)20(17)19/h2-9,13,17-20H,10-11H2,1H3,(H,23,24)/t13-,17+,18-,19-,20-/m1/s1. The van der Waals surface area contributed by atoms with Gasteiger partial charge in [0.2, 0.25) is 5.91 Å². The van der Waals surface area contributed by atoms with Gasteiger partial charge in [0, 0.05) is 11.6 Å². The van der Waals surface area contributed by atoms with Crippen LogP contribution in [0.15, 0.2) is 48.5 Å². The van der Waals surface area contributed by atoms with Crippen molar-refractivity contribution in [3.8, 4) is 11.5 Å². The summed E-state index contributed by atoms with van der Waals surface area (Å²) in [6.45, 7) is 2.02. The lowest BCUT2D eigenvalue weighted by Gasteiger charge is -2.23. The van der Waals surface area contributed by atoms with E-state index >= 15 is 0 Å². The van der Waals surface area contributed by atoms with Crippen LogP contribution in [-0.4, -0.2) is 18.0 Å². The zero-order chi connectivity index (χ0) is 18.5. The second-order valence-corrected chi connectivity index (χ2v) is 7.85. The predicted molar refractivity (Wildman–Crippen MR) is 99.4 cm³/mol. The van der Waals surface area contributed by atoms with Gasteiger partial charge >= 0.3 is 5.97 Å². The molecule has 1 N–H and O–H groups in total. The first kappa shape index (κ1) is 16.4. The smallest absolute Gasteiger partial charge is 0.310 e. The molecule has 3 aliphatic rings. The highest BCUT2D eigenvalue weighted by Gasteiger charge is 2.63. The van der Waals surface area contributed by atoms with Gasteiger partial charge in [-0.2, -0.15) is 0 Å². The monoisotopic (exact) mass is 363 g/mol. The van der Waals surface area contributed by atoms with E-state index in [-0.39, 0.29) is 41.7 Å². The van der Waals surface area contributed by atoms with Gasteiger partial charge < -0.3 is 14.8 Å². The maximum absolute atomic E-state index is 12.8. The minimum Gasteiger partial charge on any atom is -0.462 e. The third-order valence-corrected chi connectivity index (χ3v) is 6.13. The minimum absolute atomic E-state index is 0.0506. The summed E-state index contributed by atoms with van der Waals surface area (Å²) in [4.78, 5) is 24.9. The zero-order valence-corrected chi connectivity index (χ0v) is 15.1. The number of aryl methyl sites for hydroxylation is 1. The second-order valence-electron chi connectivity index (χ2n) is 7.85. The van der Waals surface area contributed by atoms with E-state index in [0.717, 1.165) is 24.2 Å². The molecule has 0 radical (unpaired) electrons. The molecule has 2 saturated carbocycles. The molecule has 0 aromatic heterocycles. The number of anilines is 1. The van der Waals surface area contributed by atoms with Gasteiger partial charge in [-0.25, -0.2) is 0 Å². The van der Waals surface area contributed by atoms with Crippen molar-refractivity contribution in [2.45, 2.75) is 25.9 Å². The Morgan fingerprint density at radius 3 is 2.70 bits per heavy atom. The number of ether oxygens (including phenoxy) is 2. The van der Waals surface area contributed by atoms with Gasteiger partial charge in [0.1, 0.15) is 17.6 Å². The molecule has 1 heterocycles. The molecule has 2 bridgehead atoms. The Morgan fingerprint density at radius 1 is 1.11 bits per heavy atom. The molecule has 0 unspecified atom stereocenters. The molecular weight excluding hydrogens is 342 g/mol. The molecule has 5 nitrogen and oxygen atoms in total. The Kier molecular flexibility index (Phi) is 3.71. The third-order valence-electron chi connectivity index (χ3n) is 6.13. The highest BCUT2D eigenvalue weighted by Crippen LogP contribution is 2.57. The number of carbonyl (C=O) groups is 2. The third kappa shape index (κ3) is 2.78. The Hall–Kier alpha value is -2.82. The van der Waals surface area contributed by atoms with E-state index in [1.807, 2.05) is 55.5 Å². The summed E-state index contributed by atoms with van der Waals surface area (Å²) < 4.78 is 11.3. The van der Waals surface area contributed by atoms with Crippen LogP contribution in [-0.2, 0) is 14.3 Å². The Labute approximate surface area is 157 Å². The molecule has 2 aromatic rings. The maximum Gasteiger partial charge on any atom is 0.310 e. The summed E-state index contributed by atoms with van der Waals surface area (Å²) in [7, 11) is 0. The van der Waals surface area contributed by atoms with Crippen LogP contribution in [0.2, 0.25) is 0 Å². The molecule has 5 rings (SSSR count). The largest absolute Gasteiger partial charge is 0.462 e. The molecule has 1 saturated heterocycles. The molecule has 1 aliphatic heterocycles. The van der Waals surface area contributed by atoms with Gasteiger partial charge in [-0.1, -0.05) is 12.1 Å². The summed E-state index contributed by atoms with van der Waals surface area (Å²) in [5.41, 5.74) is 1.84. The number of amides is 1. The fourth-order valence-corrected chi connectivity index (χ4v) is 5.01. The van der Waals surface area contributed by atoms with E-state index < -0.39 is 0 Å². The first-order valence-corrected chi connectivity index (χ1v) is 9.44. The summed E-state index contributed by atoms with van der Waals surface area (Å²) in [6.07, 6.45) is 1.81. The number of fused-ring (bicyclic) bond motifs is 1. The van der Waals surface area contributed by atoms with Crippen molar-refractivity contribution in [1.82, 2.24) is 0 Å². The molecule has 0 spiro atoms. The molecule has 5 atom stereocenters. The first-order chi connectivity index (χ1) is 13.1. The number of esters is 1. The maximum atomic E-state index is 12.8. The molecule has 1 amide bonds. The second kappa shape index (κ2) is 6.12. The fourth-order valence-electron chi connectivity index (χ4n) is 5.01. The lowest BCUT2D eigenvalue weighted by atomic mass is 9.79. The van der Waals surface area contributed by atoms with Crippen LogP contribution in [0.5, 0.6) is 11.5 Å². The average molecular weight is 363 g/mol. The lowest BCUT2D eigenvalue weighted by molar-refractivity contribution is -0.145. The van der Waals surface area contributed by atoms with Gasteiger partial charge in [0.15, 0.2) is 0 Å². The first-order valence-electron chi connectivity index (χ1n) is 9.44. The number of nitrogens with one attached hydrogen (secondary N) is 1. The zero-order valence-electron chi connectivity index (χ0n) is 15.1. The Morgan fingerprint density at radius 2 is 1.93 bits per heavy atom. The number of hydrogen-bond donors (Lipinski definition) is 1. The number of hydrogen-bond acceptors (Lipinski definition) is 4. The Bertz CT molecular complexity index is 905. The summed E-state index contributed by atoms with van der Waals surface area (Å²) in [5, 5.41) is 2.97. The van der Waals surface area contributed by atoms with Crippen molar-refractivity contribution in [3.05, 3.63) is 54.1 Å². The minimum atomic E-state index is -0.260. The van der Waals surface area contributed by atoms with Crippen LogP contribution in [0.4, 0.5) is 5.69 Å². The highest BCUT2D eigenvalue weighted by atomic mass is 16.6. The van der Waals surface area contributed by atoms with E-state index in [0.29, 0.717) is 11.4 Å². The van der Waals surface area contributed by atoms with Crippen molar-refractivity contribution in [1.29, 1.82) is 0 Å². The van der Waals surface area contributed by atoms with Crippen LogP contribution in [0.1, 0.15) is 18.4 Å². The fraction of sp³-hybridized carbons (Fsp3) is 0.364. The van der Waals surface area contributed by atoms with Crippen LogP contribution >= 0.6 is 0 Å². The SMILES string of the molecule is Cc1cccc(Oc2ccc(NC(=O)[C@@H]3[C@@H]4C[C@@H]5[C@H]3C(=O)O[C@@H]5C4)cc2)c1. The van der Waals surface area contributed by atoms with E-state index in [1.165, 1.54) is 0 Å². The summed E-state index contributed by atoms with van der Waals surface area (Å²) in [6, 6.07) is 15.2. The molecular formula is C22H21NO4. The van der Waals surface area contributed by atoms with Crippen LogP contribution < -0.4 is 10.1 Å². The summed E-state index contributed by atoms with van der Waals surface area (Å²) in [5.74, 6) is 1.22. The quantitative estimate of drug-likeness (QED) is 0.836. The Balaban J connectivity index is 1.26. The lowest BCUT2D eigenvalue weighted by Crippen LogP contribution is -2.35. The van der Waals surface area contributed by atoms with E-state index in [2.05, 4.69) is 5.32 Å². The number of rotatable bonds is 4. The van der Waals surface area contributed by atoms with Gasteiger partial charge in [0.05, 0.1) is 11.8 Å². The van der Waals surface area contributed by atoms with Crippen molar-refractivity contribution in [2.75, 3.05) is 5.32 Å². The molecule has 138 valence electrons. The molecule has 2 aromatic carbocycles. The van der Waals surface area contributed by atoms with Crippen molar-refractivity contribution < 1.29 is 19.1 Å². The van der Waals surface area contributed by atoms with Gasteiger partial charge in [-0.15, -0.1) is 0 Å². The van der Waals surface area contributed by atoms with Gasteiger partial charge in [-0.05, 0) is 67.6 Å². The van der Waals surface area contributed by atoms with Gasteiger partial charge in [-0.3, -0.25) is 9.59 Å². The van der Waals surface area contributed by atoms with Crippen molar-refractivity contribution >= 4 is 17.6 Å². The van der Waals surface area contributed by atoms with Crippen LogP contribution in [0.3, 0.4) is 0 Å². The van der Waals surface area contributed by atoms with Crippen molar-refractivity contribution in [2.24, 2.45) is 23.7 Å². The van der Waals surface area contributed by atoms with Crippen LogP contribution in [0, 0.1) is 30.6 Å². The summed E-state index contributed by atoms with van der Waals surface area (Å²) >= 11 is 0.